The zero-order valence-electron chi connectivity index (χ0n) is 12.2. The average molecular weight is 279 g/mol. The summed E-state index contributed by atoms with van der Waals surface area (Å²) >= 11 is 0. The van der Waals surface area contributed by atoms with Gasteiger partial charge in [0.05, 0.1) is 6.07 Å². The molecule has 1 N–H and O–H groups in total. The minimum atomic E-state index is -0.160. The van der Waals surface area contributed by atoms with E-state index in [9.17, 15) is 0 Å². The number of nitrogens with zero attached hydrogens (tertiary/aromatic N) is 2. The molecule has 3 rings (SSSR count). The van der Waals surface area contributed by atoms with Crippen LogP contribution in [0, 0.1) is 17.2 Å². The zero-order chi connectivity index (χ0) is 14.5. The molecule has 3 heteroatoms. The SMILES string of the molecule is N#CC1C=CC(C2CCN(Cc3ccccc3)CC2)=CN1. The third kappa shape index (κ3) is 3.53. The minimum absolute atomic E-state index is 0.160. The lowest BCUT2D eigenvalue weighted by atomic mass is 9.88. The molecule has 21 heavy (non-hydrogen) atoms. The molecule has 2 aliphatic heterocycles. The van der Waals surface area contributed by atoms with E-state index in [2.05, 4.69) is 52.7 Å². The molecule has 1 aromatic rings. The predicted molar refractivity (Wildman–Crippen MR) is 84.2 cm³/mol. The maximum atomic E-state index is 8.86. The standard InChI is InChI=1S/C18H21N3/c19-12-18-7-6-17(13-20-18)16-8-10-21(11-9-16)14-15-4-2-1-3-5-15/h1-7,13,16,18,20H,8-11,14H2. The molecule has 0 aromatic heterocycles. The molecule has 2 heterocycles. The molecule has 0 bridgehead atoms. The lowest BCUT2D eigenvalue weighted by Crippen LogP contribution is -2.34. The highest BCUT2D eigenvalue weighted by Crippen LogP contribution is 2.27. The van der Waals surface area contributed by atoms with Gasteiger partial charge in [-0.25, -0.2) is 0 Å². The number of rotatable bonds is 3. The van der Waals surface area contributed by atoms with E-state index >= 15 is 0 Å². The number of likely N-dealkylation sites (tertiary alicyclic amines) is 1. The van der Waals surface area contributed by atoms with E-state index in [4.69, 9.17) is 5.26 Å². The van der Waals surface area contributed by atoms with Gasteiger partial charge >= 0.3 is 0 Å². The number of benzene rings is 1. The first-order valence-corrected chi connectivity index (χ1v) is 7.65. The highest BCUT2D eigenvalue weighted by molar-refractivity contribution is 5.29. The number of dihydropyridines is 1. The largest absolute Gasteiger partial charge is 0.372 e. The van der Waals surface area contributed by atoms with Crippen LogP contribution in [0.2, 0.25) is 0 Å². The Bertz CT molecular complexity index is 560. The lowest BCUT2D eigenvalue weighted by Gasteiger charge is -2.33. The molecule has 1 aromatic carbocycles. The maximum Gasteiger partial charge on any atom is 0.133 e. The number of nitriles is 1. The van der Waals surface area contributed by atoms with Gasteiger partial charge in [-0.3, -0.25) is 4.90 Å². The topological polar surface area (TPSA) is 39.1 Å². The van der Waals surface area contributed by atoms with Gasteiger partial charge in [-0.05, 0) is 49.1 Å². The first kappa shape index (κ1) is 13.9. The third-order valence-electron chi connectivity index (χ3n) is 4.36. The van der Waals surface area contributed by atoms with Gasteiger partial charge < -0.3 is 5.32 Å². The van der Waals surface area contributed by atoms with Crippen LogP contribution in [0.25, 0.3) is 0 Å². The Labute approximate surface area is 126 Å². The summed E-state index contributed by atoms with van der Waals surface area (Å²) in [6, 6.07) is 12.7. The van der Waals surface area contributed by atoms with Gasteiger partial charge in [0.25, 0.3) is 0 Å². The van der Waals surface area contributed by atoms with Gasteiger partial charge in [-0.2, -0.15) is 5.26 Å². The summed E-state index contributed by atoms with van der Waals surface area (Å²) < 4.78 is 0. The molecule has 0 amide bonds. The van der Waals surface area contributed by atoms with Crippen molar-refractivity contribution >= 4 is 0 Å². The van der Waals surface area contributed by atoms with Crippen molar-refractivity contribution in [1.29, 1.82) is 5.26 Å². The molecule has 0 spiro atoms. The molecule has 1 fully saturated rings. The fourth-order valence-electron chi connectivity index (χ4n) is 3.10. The van der Waals surface area contributed by atoms with Crippen LogP contribution in [0.3, 0.4) is 0 Å². The van der Waals surface area contributed by atoms with Crippen LogP contribution in [0.1, 0.15) is 18.4 Å². The minimum Gasteiger partial charge on any atom is -0.372 e. The molecular formula is C18H21N3. The second kappa shape index (κ2) is 6.60. The van der Waals surface area contributed by atoms with Crippen LogP contribution in [0.15, 0.2) is 54.3 Å². The molecule has 1 unspecified atom stereocenters. The van der Waals surface area contributed by atoms with Crippen LogP contribution in [-0.2, 0) is 6.54 Å². The molecule has 3 nitrogen and oxygen atoms in total. The molecular weight excluding hydrogens is 258 g/mol. The summed E-state index contributed by atoms with van der Waals surface area (Å²) in [5, 5.41) is 12.0. The van der Waals surface area contributed by atoms with Crippen molar-refractivity contribution in [3.63, 3.8) is 0 Å². The molecule has 2 aliphatic rings. The van der Waals surface area contributed by atoms with Gasteiger partial charge in [-0.15, -0.1) is 0 Å². The summed E-state index contributed by atoms with van der Waals surface area (Å²) in [6.07, 6.45) is 8.52. The van der Waals surface area contributed by atoms with Crippen molar-refractivity contribution in [2.45, 2.75) is 25.4 Å². The molecule has 108 valence electrons. The van der Waals surface area contributed by atoms with E-state index in [0.29, 0.717) is 5.92 Å². The van der Waals surface area contributed by atoms with E-state index in [1.165, 1.54) is 24.0 Å². The monoisotopic (exact) mass is 279 g/mol. The van der Waals surface area contributed by atoms with Crippen LogP contribution in [0.5, 0.6) is 0 Å². The van der Waals surface area contributed by atoms with Crippen molar-refractivity contribution in [2.75, 3.05) is 13.1 Å². The number of allylic oxidation sites excluding steroid dienone is 2. The fourth-order valence-corrected chi connectivity index (χ4v) is 3.10. The van der Waals surface area contributed by atoms with Crippen molar-refractivity contribution in [3.8, 4) is 6.07 Å². The van der Waals surface area contributed by atoms with Crippen LogP contribution in [0.4, 0.5) is 0 Å². The second-order valence-electron chi connectivity index (χ2n) is 5.81. The Balaban J connectivity index is 1.51. The van der Waals surface area contributed by atoms with E-state index in [-0.39, 0.29) is 6.04 Å². The quantitative estimate of drug-likeness (QED) is 0.924. The van der Waals surface area contributed by atoms with Gasteiger partial charge in [0.1, 0.15) is 6.04 Å². The Morgan fingerprint density at radius 1 is 1.19 bits per heavy atom. The molecule has 0 saturated carbocycles. The van der Waals surface area contributed by atoms with Crippen LogP contribution >= 0.6 is 0 Å². The smallest absolute Gasteiger partial charge is 0.133 e. The highest BCUT2D eigenvalue weighted by Gasteiger charge is 2.22. The molecule has 0 aliphatic carbocycles. The van der Waals surface area contributed by atoms with E-state index in [0.717, 1.165) is 19.6 Å². The summed E-state index contributed by atoms with van der Waals surface area (Å²) in [5.74, 6) is 0.625. The fraction of sp³-hybridized carbons (Fsp3) is 0.389. The number of hydrogen-bond donors (Lipinski definition) is 1. The average Bonchev–Trinajstić information content (AvgIpc) is 2.57. The Hall–Kier alpha value is -2.05. The van der Waals surface area contributed by atoms with Gasteiger partial charge in [0.15, 0.2) is 0 Å². The van der Waals surface area contributed by atoms with E-state index in [1.807, 2.05) is 12.3 Å². The number of nitrogens with one attached hydrogen (secondary N) is 1. The Kier molecular flexibility index (Phi) is 4.37. The lowest BCUT2D eigenvalue weighted by molar-refractivity contribution is 0.192. The first-order valence-electron chi connectivity index (χ1n) is 7.65. The summed E-state index contributed by atoms with van der Waals surface area (Å²) in [4.78, 5) is 2.53. The van der Waals surface area contributed by atoms with E-state index < -0.39 is 0 Å². The van der Waals surface area contributed by atoms with Gasteiger partial charge in [-0.1, -0.05) is 36.4 Å². The van der Waals surface area contributed by atoms with E-state index in [1.54, 1.807) is 0 Å². The highest BCUT2D eigenvalue weighted by atomic mass is 15.1. The zero-order valence-corrected chi connectivity index (χ0v) is 12.2. The first-order chi connectivity index (χ1) is 10.3. The van der Waals surface area contributed by atoms with Crippen LogP contribution in [-0.4, -0.2) is 24.0 Å². The Morgan fingerprint density at radius 3 is 2.57 bits per heavy atom. The molecule has 1 atom stereocenters. The predicted octanol–water partition coefficient (Wildman–Crippen LogP) is 2.83. The normalized spacial score (nSPS) is 23.2. The summed E-state index contributed by atoms with van der Waals surface area (Å²) in [6.45, 7) is 3.34. The summed E-state index contributed by atoms with van der Waals surface area (Å²) in [5.41, 5.74) is 2.74. The number of piperidine rings is 1. The summed E-state index contributed by atoms with van der Waals surface area (Å²) in [7, 11) is 0. The van der Waals surface area contributed by atoms with Crippen molar-refractivity contribution in [2.24, 2.45) is 5.92 Å². The molecule has 0 radical (unpaired) electrons. The van der Waals surface area contributed by atoms with Gasteiger partial charge in [0, 0.05) is 12.7 Å². The third-order valence-corrected chi connectivity index (χ3v) is 4.36. The Morgan fingerprint density at radius 2 is 1.95 bits per heavy atom. The second-order valence-corrected chi connectivity index (χ2v) is 5.81. The van der Waals surface area contributed by atoms with Crippen molar-refractivity contribution in [3.05, 3.63) is 59.8 Å². The maximum absolute atomic E-state index is 8.86. The number of hydrogen-bond acceptors (Lipinski definition) is 3. The van der Waals surface area contributed by atoms with Gasteiger partial charge in [0.2, 0.25) is 0 Å². The van der Waals surface area contributed by atoms with Crippen molar-refractivity contribution < 1.29 is 0 Å². The molecule has 1 saturated heterocycles. The van der Waals surface area contributed by atoms with Crippen molar-refractivity contribution in [1.82, 2.24) is 10.2 Å². The van der Waals surface area contributed by atoms with Crippen LogP contribution < -0.4 is 5.32 Å².